The van der Waals surface area contributed by atoms with Gasteiger partial charge >= 0.3 is 0 Å². The van der Waals surface area contributed by atoms with Gasteiger partial charge in [-0.1, -0.05) is 29.8 Å². The molecule has 0 aliphatic rings. The van der Waals surface area contributed by atoms with Crippen LogP contribution in [-0.4, -0.2) is 35.0 Å². The SMILES string of the molecule is CNS(=O)(=O)c1ccc(Cl)c(C(=O)NCCc2ccccc2OC)c1. The first-order valence-electron chi connectivity index (χ1n) is 7.52. The lowest BCUT2D eigenvalue weighted by atomic mass is 10.1. The fourth-order valence-electron chi connectivity index (χ4n) is 2.28. The monoisotopic (exact) mass is 382 g/mol. The summed E-state index contributed by atoms with van der Waals surface area (Å²) in [6, 6.07) is 11.5. The topological polar surface area (TPSA) is 84.5 Å². The van der Waals surface area contributed by atoms with Crippen LogP contribution in [0.1, 0.15) is 15.9 Å². The van der Waals surface area contributed by atoms with Crippen LogP contribution in [0, 0.1) is 0 Å². The lowest BCUT2D eigenvalue weighted by molar-refractivity contribution is 0.0954. The van der Waals surface area contributed by atoms with Crippen LogP contribution in [0.15, 0.2) is 47.4 Å². The van der Waals surface area contributed by atoms with Crippen LogP contribution in [-0.2, 0) is 16.4 Å². The highest BCUT2D eigenvalue weighted by Gasteiger charge is 2.17. The Balaban J connectivity index is 2.09. The molecule has 25 heavy (non-hydrogen) atoms. The number of carbonyl (C=O) groups is 1. The van der Waals surface area contributed by atoms with E-state index in [1.54, 1.807) is 7.11 Å². The normalized spacial score (nSPS) is 11.2. The summed E-state index contributed by atoms with van der Waals surface area (Å²) in [4.78, 5) is 12.3. The Morgan fingerprint density at radius 1 is 1.20 bits per heavy atom. The van der Waals surface area contributed by atoms with Crippen molar-refractivity contribution in [3.05, 3.63) is 58.6 Å². The van der Waals surface area contributed by atoms with Crippen LogP contribution in [0.2, 0.25) is 5.02 Å². The molecule has 0 saturated carbocycles. The second-order valence-corrected chi connectivity index (χ2v) is 7.46. The fourth-order valence-corrected chi connectivity index (χ4v) is 3.24. The van der Waals surface area contributed by atoms with Crippen LogP contribution >= 0.6 is 11.6 Å². The van der Waals surface area contributed by atoms with Crippen molar-refractivity contribution < 1.29 is 17.9 Å². The van der Waals surface area contributed by atoms with E-state index in [2.05, 4.69) is 10.0 Å². The number of benzene rings is 2. The molecule has 2 aromatic rings. The maximum Gasteiger partial charge on any atom is 0.252 e. The van der Waals surface area contributed by atoms with E-state index in [0.29, 0.717) is 13.0 Å². The third-order valence-electron chi connectivity index (χ3n) is 3.63. The third kappa shape index (κ3) is 4.72. The van der Waals surface area contributed by atoms with Gasteiger partial charge < -0.3 is 10.1 Å². The van der Waals surface area contributed by atoms with Gasteiger partial charge in [-0.15, -0.1) is 0 Å². The number of rotatable bonds is 7. The van der Waals surface area contributed by atoms with E-state index in [0.717, 1.165) is 11.3 Å². The molecule has 6 nitrogen and oxygen atoms in total. The Bertz CT molecular complexity index is 869. The molecule has 0 spiro atoms. The molecule has 8 heteroatoms. The average molecular weight is 383 g/mol. The highest BCUT2D eigenvalue weighted by Crippen LogP contribution is 2.21. The van der Waals surface area contributed by atoms with Crippen molar-refractivity contribution in [1.29, 1.82) is 0 Å². The molecule has 2 rings (SSSR count). The Hall–Kier alpha value is -2.09. The molecule has 0 aliphatic carbocycles. The standard InChI is InChI=1S/C17H19ClN2O4S/c1-19-25(22,23)13-7-8-15(18)14(11-13)17(21)20-10-9-12-5-3-4-6-16(12)24-2/h3-8,11,19H,9-10H2,1-2H3,(H,20,21). The number of methoxy groups -OCH3 is 1. The largest absolute Gasteiger partial charge is 0.496 e. The highest BCUT2D eigenvalue weighted by molar-refractivity contribution is 7.89. The van der Waals surface area contributed by atoms with Crippen molar-refractivity contribution in [1.82, 2.24) is 10.0 Å². The molecule has 0 radical (unpaired) electrons. The molecule has 0 saturated heterocycles. The lowest BCUT2D eigenvalue weighted by Gasteiger charge is -2.11. The maximum atomic E-state index is 12.3. The summed E-state index contributed by atoms with van der Waals surface area (Å²) in [5, 5.41) is 2.93. The minimum Gasteiger partial charge on any atom is -0.496 e. The molecule has 2 N–H and O–H groups in total. The summed E-state index contributed by atoms with van der Waals surface area (Å²) < 4.78 is 31.2. The summed E-state index contributed by atoms with van der Waals surface area (Å²) in [6.07, 6.45) is 0.571. The second-order valence-electron chi connectivity index (χ2n) is 5.17. The van der Waals surface area contributed by atoms with Gasteiger partial charge in [0.2, 0.25) is 10.0 Å². The van der Waals surface area contributed by atoms with Crippen molar-refractivity contribution in [3.8, 4) is 5.75 Å². The summed E-state index contributed by atoms with van der Waals surface area (Å²) in [7, 11) is -0.758. The molecule has 1 amide bonds. The minimum atomic E-state index is -3.65. The van der Waals surface area contributed by atoms with Gasteiger partial charge in [0.15, 0.2) is 0 Å². The van der Waals surface area contributed by atoms with E-state index in [4.69, 9.17) is 16.3 Å². The molecule has 2 aromatic carbocycles. The van der Waals surface area contributed by atoms with Crippen molar-refractivity contribution in [2.75, 3.05) is 20.7 Å². The van der Waals surface area contributed by atoms with Crippen molar-refractivity contribution in [2.45, 2.75) is 11.3 Å². The van der Waals surface area contributed by atoms with E-state index >= 15 is 0 Å². The zero-order chi connectivity index (χ0) is 18.4. The van der Waals surface area contributed by atoms with Crippen LogP contribution < -0.4 is 14.8 Å². The van der Waals surface area contributed by atoms with Gasteiger partial charge in [0.25, 0.3) is 5.91 Å². The molecule has 0 aliphatic heterocycles. The van der Waals surface area contributed by atoms with E-state index in [-0.39, 0.29) is 15.5 Å². The predicted molar refractivity (Wildman–Crippen MR) is 96.7 cm³/mol. The molecule has 0 bridgehead atoms. The van der Waals surface area contributed by atoms with Gasteiger partial charge in [0, 0.05) is 6.54 Å². The van der Waals surface area contributed by atoms with E-state index in [1.807, 2.05) is 24.3 Å². The second kappa shape index (κ2) is 8.33. The minimum absolute atomic E-state index is 0.0192. The number of hydrogen-bond acceptors (Lipinski definition) is 4. The van der Waals surface area contributed by atoms with Crippen LogP contribution in [0.3, 0.4) is 0 Å². The first kappa shape index (κ1) is 19.2. The summed E-state index contributed by atoms with van der Waals surface area (Å²) in [5.41, 5.74) is 1.07. The number of ether oxygens (including phenoxy) is 1. The molecular weight excluding hydrogens is 364 g/mol. The number of para-hydroxylation sites is 1. The average Bonchev–Trinajstić information content (AvgIpc) is 2.62. The van der Waals surface area contributed by atoms with E-state index < -0.39 is 15.9 Å². The molecule has 0 fully saturated rings. The number of amides is 1. The van der Waals surface area contributed by atoms with Gasteiger partial charge in [0.1, 0.15) is 5.75 Å². The Kier molecular flexibility index (Phi) is 6.41. The first-order valence-corrected chi connectivity index (χ1v) is 9.38. The Morgan fingerprint density at radius 3 is 2.60 bits per heavy atom. The van der Waals surface area contributed by atoms with Crippen LogP contribution in [0.4, 0.5) is 0 Å². The number of carbonyl (C=O) groups excluding carboxylic acids is 1. The smallest absolute Gasteiger partial charge is 0.252 e. The zero-order valence-corrected chi connectivity index (χ0v) is 15.4. The molecule has 0 aromatic heterocycles. The van der Waals surface area contributed by atoms with Gasteiger partial charge in [-0.2, -0.15) is 0 Å². The molecule has 0 atom stereocenters. The van der Waals surface area contributed by atoms with Crippen molar-refractivity contribution in [3.63, 3.8) is 0 Å². The first-order chi connectivity index (χ1) is 11.9. The lowest BCUT2D eigenvalue weighted by Crippen LogP contribution is -2.27. The van der Waals surface area contributed by atoms with Crippen molar-refractivity contribution in [2.24, 2.45) is 0 Å². The van der Waals surface area contributed by atoms with Gasteiger partial charge in [-0.25, -0.2) is 13.1 Å². The van der Waals surface area contributed by atoms with Crippen molar-refractivity contribution >= 4 is 27.5 Å². The maximum absolute atomic E-state index is 12.3. The summed E-state index contributed by atoms with van der Waals surface area (Å²) in [6.45, 7) is 0.360. The van der Waals surface area contributed by atoms with E-state index in [1.165, 1.54) is 25.2 Å². The quantitative estimate of drug-likeness (QED) is 0.769. The zero-order valence-electron chi connectivity index (χ0n) is 13.9. The number of sulfonamides is 1. The van der Waals surface area contributed by atoms with Crippen LogP contribution in [0.25, 0.3) is 0 Å². The highest BCUT2D eigenvalue weighted by atomic mass is 35.5. The molecule has 134 valence electrons. The van der Waals surface area contributed by atoms with Crippen LogP contribution in [0.5, 0.6) is 5.75 Å². The number of nitrogens with one attached hydrogen (secondary N) is 2. The Labute approximate surface area is 152 Å². The molecule has 0 unspecified atom stereocenters. The molecule has 0 heterocycles. The predicted octanol–water partition coefficient (Wildman–Crippen LogP) is 2.23. The fraction of sp³-hybridized carbons (Fsp3) is 0.235. The third-order valence-corrected chi connectivity index (χ3v) is 5.38. The number of halogens is 1. The Morgan fingerprint density at radius 2 is 1.92 bits per heavy atom. The van der Waals surface area contributed by atoms with E-state index in [9.17, 15) is 13.2 Å². The summed E-state index contributed by atoms with van der Waals surface area (Å²) in [5.74, 6) is 0.310. The molecular formula is C17H19ClN2O4S. The summed E-state index contributed by atoms with van der Waals surface area (Å²) >= 11 is 6.03. The van der Waals surface area contributed by atoms with Gasteiger partial charge in [-0.3, -0.25) is 4.79 Å². The van der Waals surface area contributed by atoms with Gasteiger partial charge in [0.05, 0.1) is 22.6 Å². The van der Waals surface area contributed by atoms with Gasteiger partial charge in [-0.05, 0) is 43.3 Å². The number of hydrogen-bond donors (Lipinski definition) is 2.